The summed E-state index contributed by atoms with van der Waals surface area (Å²) >= 11 is 4.62. The zero-order valence-electron chi connectivity index (χ0n) is 10.0. The summed E-state index contributed by atoms with van der Waals surface area (Å²) in [7, 11) is 0. The Morgan fingerprint density at radius 1 is 1.25 bits per heavy atom. The lowest BCUT2D eigenvalue weighted by Gasteiger charge is -2.05. The van der Waals surface area contributed by atoms with Crippen LogP contribution in [0.1, 0.15) is 10.4 Å². The molecule has 0 aliphatic rings. The highest BCUT2D eigenvalue weighted by molar-refractivity contribution is 9.10. The summed E-state index contributed by atoms with van der Waals surface area (Å²) in [6.45, 7) is 0. The first-order valence-electron chi connectivity index (χ1n) is 5.70. The molecule has 0 saturated carbocycles. The number of hydrogen-bond donors (Lipinski definition) is 1. The fourth-order valence-electron chi connectivity index (χ4n) is 1.75. The number of nitrogens with zero attached hydrogens (tertiary/aromatic N) is 1. The number of carbonyl (C=O) groups is 1. The molecule has 0 fully saturated rings. The fraction of sp³-hybridized carbons (Fsp3) is 0. The maximum atomic E-state index is 11.2. The number of aromatic carboxylic acids is 1. The number of thiazole rings is 1. The maximum Gasteiger partial charge on any atom is 0.339 e. The molecule has 0 aliphatic heterocycles. The number of para-hydroxylation sites is 1. The Kier molecular flexibility index (Phi) is 3.42. The van der Waals surface area contributed by atoms with Crippen molar-refractivity contribution in [2.24, 2.45) is 0 Å². The molecule has 0 bridgehead atoms. The first-order valence-corrected chi connectivity index (χ1v) is 7.31. The monoisotopic (exact) mass is 349 g/mol. The number of aromatic nitrogens is 1. The quantitative estimate of drug-likeness (QED) is 0.753. The Bertz CT molecular complexity index is 767. The molecule has 1 N–H and O–H groups in total. The minimum atomic E-state index is -1.04. The molecule has 0 amide bonds. The average Bonchev–Trinajstić information content (AvgIpc) is 2.82. The number of benzene rings is 2. The van der Waals surface area contributed by atoms with Crippen molar-refractivity contribution < 1.29 is 14.6 Å². The molecule has 4 nitrogen and oxygen atoms in total. The predicted octanol–water partition coefficient (Wildman–Crippen LogP) is 4.55. The van der Waals surface area contributed by atoms with E-state index in [9.17, 15) is 9.90 Å². The predicted molar refractivity (Wildman–Crippen MR) is 80.8 cm³/mol. The molecule has 0 saturated heterocycles. The summed E-state index contributed by atoms with van der Waals surface area (Å²) in [4.78, 5) is 15.5. The van der Waals surface area contributed by atoms with Crippen molar-refractivity contribution in [3.05, 3.63) is 52.5 Å². The minimum Gasteiger partial charge on any atom is -0.478 e. The van der Waals surface area contributed by atoms with Crippen LogP contribution in [0.4, 0.5) is 0 Å². The highest BCUT2D eigenvalue weighted by Gasteiger charge is 2.14. The van der Waals surface area contributed by atoms with Gasteiger partial charge in [0.2, 0.25) is 0 Å². The Hall–Kier alpha value is -1.92. The molecular formula is C14H8BrNO3S. The summed E-state index contributed by atoms with van der Waals surface area (Å²) in [6, 6.07) is 12.5. The van der Waals surface area contributed by atoms with Crippen LogP contribution in [0.15, 0.2) is 46.9 Å². The van der Waals surface area contributed by atoms with E-state index < -0.39 is 5.97 Å². The van der Waals surface area contributed by atoms with Gasteiger partial charge in [0.15, 0.2) is 0 Å². The van der Waals surface area contributed by atoms with Gasteiger partial charge in [0.25, 0.3) is 5.19 Å². The molecule has 0 aliphatic carbocycles. The topological polar surface area (TPSA) is 59.4 Å². The van der Waals surface area contributed by atoms with E-state index in [1.54, 1.807) is 12.1 Å². The van der Waals surface area contributed by atoms with Crippen LogP contribution < -0.4 is 4.74 Å². The number of fused-ring (bicyclic) bond motifs is 1. The highest BCUT2D eigenvalue weighted by Crippen LogP contribution is 2.33. The molecule has 100 valence electrons. The Balaban J connectivity index is 2.00. The number of halogens is 1. The second-order valence-corrected chi connectivity index (χ2v) is 5.90. The van der Waals surface area contributed by atoms with Gasteiger partial charge in [-0.15, -0.1) is 0 Å². The first kappa shape index (κ1) is 13.1. The van der Waals surface area contributed by atoms with E-state index in [2.05, 4.69) is 20.9 Å². The first-order chi connectivity index (χ1) is 9.63. The lowest BCUT2D eigenvalue weighted by atomic mass is 10.2. The van der Waals surface area contributed by atoms with Gasteiger partial charge in [-0.2, -0.15) is 0 Å². The highest BCUT2D eigenvalue weighted by atomic mass is 79.9. The number of ether oxygens (including phenoxy) is 1. The van der Waals surface area contributed by atoms with Crippen LogP contribution in [0, 0.1) is 0 Å². The summed E-state index contributed by atoms with van der Waals surface area (Å²) in [5.41, 5.74) is 0.931. The molecule has 2 aromatic carbocycles. The van der Waals surface area contributed by atoms with Crippen molar-refractivity contribution in [2.75, 3.05) is 0 Å². The van der Waals surface area contributed by atoms with E-state index >= 15 is 0 Å². The Labute approximate surface area is 126 Å². The lowest BCUT2D eigenvalue weighted by molar-refractivity contribution is 0.0694. The standard InChI is InChI=1S/C14H8BrNO3S/c15-8-5-6-11(9(7-8)13(17)18)19-14-16-10-3-1-2-4-12(10)20-14/h1-7H,(H,17,18). The lowest BCUT2D eigenvalue weighted by Crippen LogP contribution is -1.99. The normalized spacial score (nSPS) is 10.7. The molecule has 3 aromatic rings. The molecule has 1 heterocycles. The zero-order chi connectivity index (χ0) is 14.1. The third-order valence-electron chi connectivity index (χ3n) is 2.64. The molecule has 3 rings (SSSR count). The van der Waals surface area contributed by atoms with Crippen molar-refractivity contribution in [3.63, 3.8) is 0 Å². The van der Waals surface area contributed by atoms with Gasteiger partial charge in [0.1, 0.15) is 11.3 Å². The van der Waals surface area contributed by atoms with E-state index in [0.29, 0.717) is 9.67 Å². The second kappa shape index (κ2) is 5.22. The van der Waals surface area contributed by atoms with Gasteiger partial charge in [0, 0.05) is 4.47 Å². The average molecular weight is 350 g/mol. The van der Waals surface area contributed by atoms with Gasteiger partial charge in [-0.25, -0.2) is 9.78 Å². The SMILES string of the molecule is O=C(O)c1cc(Br)ccc1Oc1nc2ccccc2s1. The molecule has 0 spiro atoms. The maximum absolute atomic E-state index is 11.2. The largest absolute Gasteiger partial charge is 0.478 e. The third-order valence-corrected chi connectivity index (χ3v) is 4.05. The molecule has 20 heavy (non-hydrogen) atoms. The van der Waals surface area contributed by atoms with Crippen LogP contribution in [-0.2, 0) is 0 Å². The van der Waals surface area contributed by atoms with Crippen LogP contribution in [0.2, 0.25) is 0 Å². The van der Waals surface area contributed by atoms with Gasteiger partial charge >= 0.3 is 5.97 Å². The van der Waals surface area contributed by atoms with Gasteiger partial charge in [-0.1, -0.05) is 39.4 Å². The Morgan fingerprint density at radius 2 is 2.05 bits per heavy atom. The molecular weight excluding hydrogens is 342 g/mol. The van der Waals surface area contributed by atoms with Crippen molar-refractivity contribution >= 4 is 43.5 Å². The van der Waals surface area contributed by atoms with Gasteiger partial charge in [-0.3, -0.25) is 0 Å². The number of rotatable bonds is 3. The minimum absolute atomic E-state index is 0.0960. The van der Waals surface area contributed by atoms with Crippen molar-refractivity contribution in [1.29, 1.82) is 0 Å². The summed E-state index contributed by atoms with van der Waals surface area (Å²) in [5, 5.41) is 9.62. The van der Waals surface area contributed by atoms with Crippen molar-refractivity contribution in [1.82, 2.24) is 4.98 Å². The van der Waals surface area contributed by atoms with Crippen LogP contribution in [0.5, 0.6) is 10.9 Å². The van der Waals surface area contributed by atoms with Crippen LogP contribution >= 0.6 is 27.3 Å². The van der Waals surface area contributed by atoms with E-state index in [0.717, 1.165) is 10.2 Å². The van der Waals surface area contributed by atoms with Gasteiger partial charge < -0.3 is 9.84 Å². The summed E-state index contributed by atoms with van der Waals surface area (Å²) in [6.07, 6.45) is 0. The van der Waals surface area contributed by atoms with Gasteiger partial charge in [0.05, 0.1) is 10.2 Å². The molecule has 1 aromatic heterocycles. The van der Waals surface area contributed by atoms with Crippen molar-refractivity contribution in [3.8, 4) is 10.9 Å². The number of hydrogen-bond acceptors (Lipinski definition) is 4. The van der Waals surface area contributed by atoms with E-state index in [-0.39, 0.29) is 11.3 Å². The van der Waals surface area contributed by atoms with E-state index in [4.69, 9.17) is 4.74 Å². The van der Waals surface area contributed by atoms with E-state index in [1.165, 1.54) is 17.4 Å². The Morgan fingerprint density at radius 3 is 2.80 bits per heavy atom. The van der Waals surface area contributed by atoms with Crippen LogP contribution in [-0.4, -0.2) is 16.1 Å². The molecule has 0 radical (unpaired) electrons. The van der Waals surface area contributed by atoms with E-state index in [1.807, 2.05) is 24.3 Å². The fourth-order valence-corrected chi connectivity index (χ4v) is 2.94. The smallest absolute Gasteiger partial charge is 0.339 e. The van der Waals surface area contributed by atoms with Crippen LogP contribution in [0.25, 0.3) is 10.2 Å². The molecule has 6 heteroatoms. The van der Waals surface area contributed by atoms with Crippen molar-refractivity contribution in [2.45, 2.75) is 0 Å². The number of carboxylic acid groups (broad SMARTS) is 1. The molecule has 0 unspecified atom stereocenters. The summed E-state index contributed by atoms with van der Waals surface area (Å²) < 4.78 is 7.30. The molecule has 0 atom stereocenters. The number of carboxylic acids is 1. The summed E-state index contributed by atoms with van der Waals surface area (Å²) in [5.74, 6) is -0.762. The second-order valence-electron chi connectivity index (χ2n) is 4.00. The van der Waals surface area contributed by atoms with Gasteiger partial charge in [-0.05, 0) is 30.3 Å². The zero-order valence-corrected chi connectivity index (χ0v) is 12.4. The van der Waals surface area contributed by atoms with Crippen LogP contribution in [0.3, 0.4) is 0 Å². The third kappa shape index (κ3) is 2.52.